The van der Waals surface area contributed by atoms with Crippen molar-refractivity contribution in [3.8, 4) is 0 Å². The van der Waals surface area contributed by atoms with Crippen LogP contribution in [0.2, 0.25) is 0 Å². The summed E-state index contributed by atoms with van der Waals surface area (Å²) in [6.45, 7) is 3.34. The summed E-state index contributed by atoms with van der Waals surface area (Å²) in [4.78, 5) is 25.2. The van der Waals surface area contributed by atoms with E-state index in [1.807, 2.05) is 0 Å². The van der Waals surface area contributed by atoms with Crippen molar-refractivity contribution >= 4 is 11.9 Å². The average molecular weight is 767 g/mol. The Morgan fingerprint density at radius 1 is 0.574 bits per heavy atom. The smallest absolute Gasteiger partial charge is 0.306 e. The Bertz CT molecular complexity index is 980. The highest BCUT2D eigenvalue weighted by Gasteiger charge is 2.44. The molecule has 0 aromatic carbocycles. The molecule has 1 saturated heterocycles. The first-order valence-corrected chi connectivity index (χ1v) is 21.6. The number of aliphatic hydroxyl groups is 4. The summed E-state index contributed by atoms with van der Waals surface area (Å²) in [5.74, 6) is -0.871. The van der Waals surface area contributed by atoms with Gasteiger partial charge in [-0.2, -0.15) is 0 Å². The van der Waals surface area contributed by atoms with E-state index in [9.17, 15) is 30.0 Å². The van der Waals surface area contributed by atoms with E-state index < -0.39 is 55.4 Å². The van der Waals surface area contributed by atoms with Gasteiger partial charge in [0, 0.05) is 12.8 Å². The highest BCUT2D eigenvalue weighted by atomic mass is 16.7. The van der Waals surface area contributed by atoms with Crippen LogP contribution < -0.4 is 0 Å². The molecular weight excluding hydrogens is 688 g/mol. The molecule has 0 radical (unpaired) electrons. The van der Waals surface area contributed by atoms with Gasteiger partial charge in [-0.1, -0.05) is 134 Å². The maximum absolute atomic E-state index is 12.7. The van der Waals surface area contributed by atoms with Crippen molar-refractivity contribution in [1.82, 2.24) is 0 Å². The fourth-order valence-electron chi connectivity index (χ4n) is 6.28. The van der Waals surface area contributed by atoms with Gasteiger partial charge in [-0.3, -0.25) is 9.59 Å². The van der Waals surface area contributed by atoms with Crippen LogP contribution in [0.3, 0.4) is 0 Å². The Balaban J connectivity index is 2.39. The van der Waals surface area contributed by atoms with E-state index in [0.717, 1.165) is 57.8 Å². The molecule has 0 aliphatic carbocycles. The number of hydrogen-bond donors (Lipinski definition) is 4. The Hall–Kier alpha value is -2.08. The lowest BCUT2D eigenvalue weighted by atomic mass is 9.99. The molecule has 10 nitrogen and oxygen atoms in total. The number of carbonyl (C=O) groups excluding carboxylic acids is 2. The zero-order chi connectivity index (χ0) is 39.5. The molecule has 0 saturated carbocycles. The first-order chi connectivity index (χ1) is 26.3. The summed E-state index contributed by atoms with van der Waals surface area (Å²) < 4.78 is 22.0. The van der Waals surface area contributed by atoms with Gasteiger partial charge in [0.05, 0.1) is 13.2 Å². The second-order valence-electron chi connectivity index (χ2n) is 14.8. The van der Waals surface area contributed by atoms with E-state index in [1.165, 1.54) is 77.0 Å². The molecule has 0 amide bonds. The highest BCUT2D eigenvalue weighted by molar-refractivity contribution is 5.70. The maximum atomic E-state index is 12.7. The molecule has 6 atom stereocenters. The molecule has 1 aliphatic rings. The summed E-state index contributed by atoms with van der Waals surface area (Å²) in [6, 6.07) is 0. The number of aliphatic hydroxyl groups excluding tert-OH is 4. The SMILES string of the molecule is CCCCC/C=C/CCCCCCCC(=O)OC[C@H](CO[C@@H]1O[C@H](CO)[C@H](O)C(O)C1O)OC(=O)CCC/C=C/C/C=C/CCCCCCCCCCC. The maximum Gasteiger partial charge on any atom is 0.306 e. The van der Waals surface area contributed by atoms with Crippen LogP contribution in [0.25, 0.3) is 0 Å². The van der Waals surface area contributed by atoms with Crippen LogP contribution in [-0.2, 0) is 28.5 Å². The summed E-state index contributed by atoms with van der Waals surface area (Å²) >= 11 is 0. The van der Waals surface area contributed by atoms with Crippen LogP contribution in [0.5, 0.6) is 0 Å². The van der Waals surface area contributed by atoms with Gasteiger partial charge in [0.15, 0.2) is 12.4 Å². The molecule has 0 aromatic rings. The van der Waals surface area contributed by atoms with Gasteiger partial charge in [-0.15, -0.1) is 0 Å². The molecule has 1 heterocycles. The molecule has 4 N–H and O–H groups in total. The molecule has 0 spiro atoms. The van der Waals surface area contributed by atoms with Crippen LogP contribution in [0.1, 0.15) is 174 Å². The number of hydrogen-bond acceptors (Lipinski definition) is 10. The second-order valence-corrected chi connectivity index (χ2v) is 14.8. The molecule has 1 rings (SSSR count). The second kappa shape index (κ2) is 35.3. The minimum Gasteiger partial charge on any atom is -0.462 e. The zero-order valence-electron chi connectivity index (χ0n) is 34.0. The van der Waals surface area contributed by atoms with Gasteiger partial charge in [0.1, 0.15) is 31.0 Å². The van der Waals surface area contributed by atoms with Crippen LogP contribution in [0.4, 0.5) is 0 Å². The van der Waals surface area contributed by atoms with E-state index in [-0.39, 0.29) is 26.1 Å². The Kier molecular flexibility index (Phi) is 32.7. The molecule has 1 aliphatic heterocycles. The summed E-state index contributed by atoms with van der Waals surface area (Å²) in [6.07, 6.45) is 31.6. The number of esters is 2. The number of ether oxygens (including phenoxy) is 4. The Morgan fingerprint density at radius 2 is 1.06 bits per heavy atom. The fourth-order valence-corrected chi connectivity index (χ4v) is 6.28. The van der Waals surface area contributed by atoms with Crippen LogP contribution in [0.15, 0.2) is 36.5 Å². The van der Waals surface area contributed by atoms with Crippen molar-refractivity contribution in [2.24, 2.45) is 0 Å². The minimum atomic E-state index is -1.60. The normalized spacial score (nSPS) is 21.0. The van der Waals surface area contributed by atoms with Crippen molar-refractivity contribution in [3.05, 3.63) is 36.5 Å². The molecule has 0 aromatic heterocycles. The average Bonchev–Trinajstić information content (AvgIpc) is 3.17. The lowest BCUT2D eigenvalue weighted by Gasteiger charge is -2.39. The monoisotopic (exact) mass is 767 g/mol. The lowest BCUT2D eigenvalue weighted by Crippen LogP contribution is -2.59. The highest BCUT2D eigenvalue weighted by Crippen LogP contribution is 2.22. The van der Waals surface area contributed by atoms with Gasteiger partial charge in [0.2, 0.25) is 0 Å². The minimum absolute atomic E-state index is 0.165. The van der Waals surface area contributed by atoms with E-state index in [1.54, 1.807) is 0 Å². The quantitative estimate of drug-likeness (QED) is 0.0280. The number of allylic oxidation sites excluding steroid dienone is 6. The predicted octanol–water partition coefficient (Wildman–Crippen LogP) is 8.72. The summed E-state index contributed by atoms with van der Waals surface area (Å²) in [5.41, 5.74) is 0. The summed E-state index contributed by atoms with van der Waals surface area (Å²) in [7, 11) is 0. The lowest BCUT2D eigenvalue weighted by molar-refractivity contribution is -0.305. The standard InChI is InChI=1S/C44H78O10/c1-3-5-7-9-11-13-15-17-18-19-20-21-23-25-27-29-31-33-40(47)53-37(36-52-44-43(50)42(49)41(48)38(34-45)54-44)35-51-39(46)32-30-28-26-24-22-16-14-12-10-8-6-4-2/h12,14,20-21,25,27,37-38,41-45,48-50H,3-11,13,15-19,22-24,26,28-36H2,1-2H3/b14-12+,21-20+,27-25+/t37-,38-,41+,42?,43?,44-/m1/s1. The first kappa shape index (κ1) is 49.9. The number of carbonyl (C=O) groups is 2. The third-order valence-electron chi connectivity index (χ3n) is 9.75. The van der Waals surface area contributed by atoms with Gasteiger partial charge in [-0.25, -0.2) is 0 Å². The van der Waals surface area contributed by atoms with Gasteiger partial charge in [-0.05, 0) is 64.2 Å². The largest absolute Gasteiger partial charge is 0.462 e. The molecule has 0 bridgehead atoms. The third-order valence-corrected chi connectivity index (χ3v) is 9.75. The van der Waals surface area contributed by atoms with Crippen LogP contribution >= 0.6 is 0 Å². The van der Waals surface area contributed by atoms with E-state index in [2.05, 4.69) is 50.3 Å². The van der Waals surface area contributed by atoms with Crippen molar-refractivity contribution < 1.29 is 49.0 Å². The fraction of sp³-hybridized carbons (Fsp3) is 0.818. The van der Waals surface area contributed by atoms with Gasteiger partial charge >= 0.3 is 11.9 Å². The molecule has 314 valence electrons. The Labute approximate surface area is 327 Å². The molecule has 1 fully saturated rings. The van der Waals surface area contributed by atoms with Gasteiger partial charge < -0.3 is 39.4 Å². The molecule has 10 heteroatoms. The van der Waals surface area contributed by atoms with Crippen molar-refractivity contribution in [3.63, 3.8) is 0 Å². The van der Waals surface area contributed by atoms with E-state index in [0.29, 0.717) is 12.8 Å². The molecular formula is C44H78O10. The number of unbranched alkanes of at least 4 members (excludes halogenated alkanes) is 18. The van der Waals surface area contributed by atoms with E-state index in [4.69, 9.17) is 18.9 Å². The predicted molar refractivity (Wildman–Crippen MR) is 215 cm³/mol. The van der Waals surface area contributed by atoms with Crippen molar-refractivity contribution in [2.45, 2.75) is 211 Å². The van der Waals surface area contributed by atoms with Gasteiger partial charge in [0.25, 0.3) is 0 Å². The topological polar surface area (TPSA) is 152 Å². The zero-order valence-corrected chi connectivity index (χ0v) is 34.0. The van der Waals surface area contributed by atoms with Crippen molar-refractivity contribution in [1.29, 1.82) is 0 Å². The molecule has 54 heavy (non-hydrogen) atoms. The number of rotatable bonds is 35. The van der Waals surface area contributed by atoms with E-state index >= 15 is 0 Å². The Morgan fingerprint density at radius 3 is 1.65 bits per heavy atom. The van der Waals surface area contributed by atoms with Crippen molar-refractivity contribution in [2.75, 3.05) is 19.8 Å². The van der Waals surface area contributed by atoms with Crippen LogP contribution in [0, 0.1) is 0 Å². The summed E-state index contributed by atoms with van der Waals surface area (Å²) in [5, 5.41) is 40.0. The first-order valence-electron chi connectivity index (χ1n) is 21.6. The molecule has 2 unspecified atom stereocenters. The third kappa shape index (κ3) is 26.7. The van der Waals surface area contributed by atoms with Crippen LogP contribution in [-0.4, -0.2) is 89.0 Å².